The minimum Gasteiger partial charge on any atom is -0.393 e. The first-order chi connectivity index (χ1) is 15.4. The van der Waals surface area contributed by atoms with Crippen molar-refractivity contribution in [3.63, 3.8) is 0 Å². The Hall–Kier alpha value is -0.860. The van der Waals surface area contributed by atoms with Gasteiger partial charge in [-0.1, -0.05) is 89.0 Å². The third-order valence-electron chi connectivity index (χ3n) is 9.89. The molecule has 2 heteroatoms. The van der Waals surface area contributed by atoms with Crippen molar-refractivity contribution in [3.8, 4) is 0 Å². The molecular formula is C30H48O2. The number of hydrogen-bond acceptors (Lipinski definition) is 2. The fourth-order valence-corrected chi connectivity index (χ4v) is 8.11. The molecule has 0 aliphatic heterocycles. The lowest BCUT2D eigenvalue weighted by molar-refractivity contribution is 0.0486. The van der Waals surface area contributed by atoms with Gasteiger partial charge < -0.3 is 10.2 Å². The molecule has 0 saturated heterocycles. The van der Waals surface area contributed by atoms with Gasteiger partial charge in [-0.2, -0.15) is 0 Å². The molecule has 4 aliphatic carbocycles. The number of unbranched alkanes of at least 4 members (excludes halogenated alkanes) is 7. The average molecular weight is 441 g/mol. The Morgan fingerprint density at radius 2 is 1.69 bits per heavy atom. The van der Waals surface area contributed by atoms with Gasteiger partial charge in [0, 0.05) is 5.41 Å². The molecule has 0 heterocycles. The molecule has 2 N–H and O–H groups in total. The highest BCUT2D eigenvalue weighted by atomic mass is 16.3. The molecule has 2 nitrogen and oxygen atoms in total. The normalized spacial score (nSPS) is 37.0. The van der Waals surface area contributed by atoms with Gasteiger partial charge >= 0.3 is 0 Å². The molecule has 0 aromatic carbocycles. The predicted octanol–water partition coefficient (Wildman–Crippen LogP) is 7.66. The molecule has 180 valence electrons. The fraction of sp³-hybridized carbons (Fsp3) is 0.800. The molecule has 2 unspecified atom stereocenters. The number of rotatable bonds is 10. The predicted molar refractivity (Wildman–Crippen MR) is 134 cm³/mol. The van der Waals surface area contributed by atoms with Gasteiger partial charge in [0.15, 0.2) is 0 Å². The van der Waals surface area contributed by atoms with E-state index >= 15 is 0 Å². The second-order valence-corrected chi connectivity index (χ2v) is 11.8. The van der Waals surface area contributed by atoms with Gasteiger partial charge in [0.1, 0.15) is 0 Å². The highest BCUT2D eigenvalue weighted by Crippen LogP contribution is 2.64. The van der Waals surface area contributed by atoms with E-state index in [9.17, 15) is 10.2 Å². The second-order valence-electron chi connectivity index (χ2n) is 11.8. The number of fused-ring (bicyclic) bond motifs is 4. The van der Waals surface area contributed by atoms with Crippen molar-refractivity contribution in [1.82, 2.24) is 0 Å². The van der Waals surface area contributed by atoms with Crippen LogP contribution in [0.3, 0.4) is 0 Å². The van der Waals surface area contributed by atoms with E-state index in [0.717, 1.165) is 25.7 Å². The first-order valence-corrected chi connectivity index (χ1v) is 13.9. The molecule has 1 fully saturated rings. The molecule has 0 amide bonds. The lowest BCUT2D eigenvalue weighted by atomic mass is 9.51. The third-order valence-corrected chi connectivity index (χ3v) is 9.89. The lowest BCUT2D eigenvalue weighted by Gasteiger charge is -2.53. The van der Waals surface area contributed by atoms with E-state index in [-0.39, 0.29) is 23.0 Å². The summed E-state index contributed by atoms with van der Waals surface area (Å²) in [6, 6.07) is 0. The summed E-state index contributed by atoms with van der Waals surface area (Å²) >= 11 is 0. The number of aliphatic hydroxyl groups is 2. The molecule has 1 saturated carbocycles. The van der Waals surface area contributed by atoms with Crippen LogP contribution in [-0.4, -0.2) is 22.4 Å². The summed E-state index contributed by atoms with van der Waals surface area (Å²) in [4.78, 5) is 0. The van der Waals surface area contributed by atoms with Crippen LogP contribution < -0.4 is 0 Å². The van der Waals surface area contributed by atoms with Crippen molar-refractivity contribution >= 4 is 0 Å². The van der Waals surface area contributed by atoms with Crippen LogP contribution in [0.1, 0.15) is 117 Å². The van der Waals surface area contributed by atoms with Gasteiger partial charge in [-0.3, -0.25) is 0 Å². The van der Waals surface area contributed by atoms with E-state index in [2.05, 4.69) is 32.1 Å². The van der Waals surface area contributed by atoms with Crippen LogP contribution in [0.15, 0.2) is 34.9 Å². The van der Waals surface area contributed by atoms with Gasteiger partial charge in [-0.25, -0.2) is 0 Å². The van der Waals surface area contributed by atoms with Crippen LogP contribution in [0.4, 0.5) is 0 Å². The number of allylic oxidation sites excluding steroid dienone is 5. The van der Waals surface area contributed by atoms with E-state index in [0.29, 0.717) is 11.8 Å². The largest absolute Gasteiger partial charge is 0.393 e. The molecule has 6 atom stereocenters. The highest BCUT2D eigenvalue weighted by molar-refractivity contribution is 5.49. The summed E-state index contributed by atoms with van der Waals surface area (Å²) in [5.74, 6) is 1.03. The topological polar surface area (TPSA) is 40.5 Å². The quantitative estimate of drug-likeness (QED) is 0.342. The Labute approximate surface area is 197 Å². The van der Waals surface area contributed by atoms with Crippen molar-refractivity contribution < 1.29 is 10.2 Å². The zero-order chi connectivity index (χ0) is 22.8. The van der Waals surface area contributed by atoms with Gasteiger partial charge in [0.05, 0.1) is 12.2 Å². The molecule has 0 aromatic rings. The molecule has 4 rings (SSSR count). The van der Waals surface area contributed by atoms with E-state index in [1.54, 1.807) is 11.1 Å². The summed E-state index contributed by atoms with van der Waals surface area (Å²) in [6.45, 7) is 6.72. The number of hydrogen-bond donors (Lipinski definition) is 2. The molecule has 0 radical (unpaired) electrons. The molecule has 0 bridgehead atoms. The number of aliphatic hydroxyl groups excluding tert-OH is 2. The maximum Gasteiger partial charge on any atom is 0.0727 e. The fourth-order valence-electron chi connectivity index (χ4n) is 8.11. The second kappa shape index (κ2) is 10.2. The minimum atomic E-state index is -0.268. The SMILES string of the molecule is CCCCCCCCCC[C@]12CCC(O)C=C1C=CC1=C3CC[C@H](C(C)O)[C@@]3(C)CC[C@@H]12. The maximum atomic E-state index is 10.5. The van der Waals surface area contributed by atoms with Crippen molar-refractivity contribution in [2.75, 3.05) is 0 Å². The van der Waals surface area contributed by atoms with Crippen LogP contribution in [0.5, 0.6) is 0 Å². The van der Waals surface area contributed by atoms with Crippen molar-refractivity contribution in [3.05, 3.63) is 34.9 Å². The zero-order valence-corrected chi connectivity index (χ0v) is 21.0. The van der Waals surface area contributed by atoms with Crippen molar-refractivity contribution in [2.24, 2.45) is 22.7 Å². The lowest BCUT2D eigenvalue weighted by Crippen LogP contribution is -2.44. The van der Waals surface area contributed by atoms with Gasteiger partial charge in [-0.05, 0) is 80.3 Å². The third kappa shape index (κ3) is 4.43. The average Bonchev–Trinajstić information content (AvgIpc) is 3.13. The van der Waals surface area contributed by atoms with Crippen LogP contribution in [-0.2, 0) is 0 Å². The Morgan fingerprint density at radius 3 is 2.41 bits per heavy atom. The minimum absolute atomic E-state index is 0.180. The molecule has 0 spiro atoms. The van der Waals surface area contributed by atoms with E-state index < -0.39 is 0 Å². The smallest absolute Gasteiger partial charge is 0.0727 e. The van der Waals surface area contributed by atoms with Crippen LogP contribution in [0, 0.1) is 22.7 Å². The summed E-state index contributed by atoms with van der Waals surface area (Å²) in [5, 5.41) is 20.9. The Balaban J connectivity index is 1.52. The molecule has 32 heavy (non-hydrogen) atoms. The molecule has 4 aliphatic rings. The standard InChI is InChI=1S/C30H48O2/c1-4-5-6-7-8-9-10-11-18-30-20-16-24(32)21-23(30)12-13-25-27-15-14-26(22(2)31)29(27,3)19-17-28(25)30/h12-13,21-22,24,26,28,31-32H,4-11,14-20H2,1-3H3/t22?,24?,26-,28+,29-,30+/m1/s1. The van der Waals surface area contributed by atoms with E-state index in [1.165, 1.54) is 76.2 Å². The molecule has 0 aromatic heterocycles. The van der Waals surface area contributed by atoms with Crippen molar-refractivity contribution in [2.45, 2.75) is 129 Å². The summed E-state index contributed by atoms with van der Waals surface area (Å²) < 4.78 is 0. The Kier molecular flexibility index (Phi) is 7.72. The summed E-state index contributed by atoms with van der Waals surface area (Å²) in [5.41, 5.74) is 5.14. The monoisotopic (exact) mass is 440 g/mol. The zero-order valence-electron chi connectivity index (χ0n) is 21.0. The van der Waals surface area contributed by atoms with Gasteiger partial charge in [0.2, 0.25) is 0 Å². The Morgan fingerprint density at radius 1 is 0.969 bits per heavy atom. The first-order valence-electron chi connectivity index (χ1n) is 13.9. The van der Waals surface area contributed by atoms with E-state index in [1.807, 2.05) is 6.92 Å². The first kappa shape index (κ1) is 24.3. The summed E-state index contributed by atoms with van der Waals surface area (Å²) in [6.07, 6.45) is 25.6. The Bertz CT molecular complexity index is 744. The summed E-state index contributed by atoms with van der Waals surface area (Å²) in [7, 11) is 0. The molecular weight excluding hydrogens is 392 g/mol. The van der Waals surface area contributed by atoms with Gasteiger partial charge in [0.25, 0.3) is 0 Å². The van der Waals surface area contributed by atoms with Crippen molar-refractivity contribution in [1.29, 1.82) is 0 Å². The van der Waals surface area contributed by atoms with E-state index in [4.69, 9.17) is 0 Å². The van der Waals surface area contributed by atoms with Crippen LogP contribution in [0.2, 0.25) is 0 Å². The van der Waals surface area contributed by atoms with Crippen LogP contribution in [0.25, 0.3) is 0 Å². The highest BCUT2D eigenvalue weighted by Gasteiger charge is 2.54. The van der Waals surface area contributed by atoms with Crippen LogP contribution >= 0.6 is 0 Å². The van der Waals surface area contributed by atoms with Gasteiger partial charge in [-0.15, -0.1) is 0 Å². The maximum absolute atomic E-state index is 10.5.